The lowest BCUT2D eigenvalue weighted by molar-refractivity contribution is 0.0889. The maximum atomic E-state index is 14.5. The quantitative estimate of drug-likeness (QED) is 0.0143. The highest BCUT2D eigenvalue weighted by Gasteiger charge is 2.32. The van der Waals surface area contributed by atoms with Gasteiger partial charge in [0.25, 0.3) is 23.6 Å². The van der Waals surface area contributed by atoms with Gasteiger partial charge in [0.05, 0.1) is 74.0 Å². The van der Waals surface area contributed by atoms with Gasteiger partial charge in [0, 0.05) is 95.5 Å². The number of hydrogen-bond acceptors (Lipinski definition) is 18. The number of guanidine groups is 4. The first-order valence-corrected chi connectivity index (χ1v) is 35.9. The van der Waals surface area contributed by atoms with Gasteiger partial charge in [-0.3, -0.25) is 50.4 Å². The Hall–Kier alpha value is -9.32. The number of rotatable bonds is 48. The molecule has 0 bridgehead atoms. The Morgan fingerprint density at radius 2 is 0.637 bits per heavy atom. The van der Waals surface area contributed by atoms with E-state index in [1.165, 1.54) is 26.4 Å². The zero-order valence-corrected chi connectivity index (χ0v) is 60.9. The summed E-state index contributed by atoms with van der Waals surface area (Å²) in [5.41, 5.74) is 23.1. The molecular formula is C72H116N18O12. The van der Waals surface area contributed by atoms with Crippen LogP contribution >= 0.6 is 0 Å². The number of unbranched alkanes of at least 4 members (excludes halogenated alkanes) is 8. The van der Waals surface area contributed by atoms with Crippen molar-refractivity contribution >= 4 is 59.0 Å². The molecule has 0 spiro atoms. The van der Waals surface area contributed by atoms with Gasteiger partial charge in [-0.2, -0.15) is 0 Å². The van der Waals surface area contributed by atoms with Gasteiger partial charge in [-0.05, 0) is 187 Å². The van der Waals surface area contributed by atoms with Crippen molar-refractivity contribution in [2.24, 2.45) is 34.8 Å². The Kier molecular flexibility index (Phi) is 37.2. The van der Waals surface area contributed by atoms with E-state index in [2.05, 4.69) is 42.5 Å². The molecule has 3 aromatic rings. The summed E-state index contributed by atoms with van der Waals surface area (Å²) in [5.74, 6) is -0.819. The lowest BCUT2D eigenvalue weighted by Crippen LogP contribution is -2.38. The van der Waals surface area contributed by atoms with Gasteiger partial charge in [-0.25, -0.2) is 0 Å². The van der Waals surface area contributed by atoms with E-state index < -0.39 is 23.6 Å². The highest BCUT2D eigenvalue weighted by atomic mass is 16.5. The lowest BCUT2D eigenvalue weighted by atomic mass is 9.81. The van der Waals surface area contributed by atoms with Crippen molar-refractivity contribution in [1.29, 1.82) is 21.6 Å². The van der Waals surface area contributed by atoms with Crippen LogP contribution in [0.25, 0.3) is 0 Å². The van der Waals surface area contributed by atoms with Gasteiger partial charge in [0.1, 0.15) is 34.5 Å². The first-order chi connectivity index (χ1) is 49.0. The molecule has 30 heteroatoms. The van der Waals surface area contributed by atoms with Gasteiger partial charge in [-0.15, -0.1) is 0 Å². The van der Waals surface area contributed by atoms with Crippen LogP contribution in [0.4, 0.5) is 0 Å². The minimum atomic E-state index is -0.417. The number of carbonyl (C=O) groups excluding carboxylic acids is 6. The molecule has 0 heterocycles. The second kappa shape index (κ2) is 45.5. The normalized spacial score (nSPS) is 15.6. The van der Waals surface area contributed by atoms with Crippen molar-refractivity contribution in [3.8, 4) is 34.5 Å². The number of amides is 4. The lowest BCUT2D eigenvalue weighted by Gasteiger charge is -2.29. The van der Waals surface area contributed by atoms with Crippen LogP contribution in [0.5, 0.6) is 34.5 Å². The summed E-state index contributed by atoms with van der Waals surface area (Å²) in [6, 6.07) is 8.98. The van der Waals surface area contributed by atoms with E-state index in [9.17, 15) is 28.8 Å². The van der Waals surface area contributed by atoms with E-state index in [4.69, 9.17) is 73.0 Å². The molecule has 4 amide bonds. The molecule has 30 nitrogen and oxygen atoms in total. The van der Waals surface area contributed by atoms with Crippen molar-refractivity contribution in [3.05, 3.63) is 69.8 Å². The summed E-state index contributed by atoms with van der Waals surface area (Å²) in [7, 11) is 10.6. The molecule has 2 fully saturated rings. The van der Waals surface area contributed by atoms with Crippen molar-refractivity contribution in [2.45, 2.75) is 153 Å². The number of ether oxygens (including phenoxy) is 6. The third-order valence-corrected chi connectivity index (χ3v) is 17.8. The van der Waals surface area contributed by atoms with Gasteiger partial charge in [-0.1, -0.05) is 0 Å². The fraction of sp³-hybridized carbons (Fsp3) is 0.611. The van der Waals surface area contributed by atoms with Crippen molar-refractivity contribution in [3.63, 3.8) is 0 Å². The monoisotopic (exact) mass is 1420 g/mol. The van der Waals surface area contributed by atoms with Crippen LogP contribution in [-0.4, -0.2) is 202 Å². The molecule has 5 rings (SSSR count). The van der Waals surface area contributed by atoms with Gasteiger partial charge < -0.3 is 104 Å². The molecule has 0 aromatic heterocycles. The summed E-state index contributed by atoms with van der Waals surface area (Å²) in [6.45, 7) is 5.16. The van der Waals surface area contributed by atoms with E-state index in [1.54, 1.807) is 24.3 Å². The number of carbonyl (C=O) groups is 6. The Labute approximate surface area is 601 Å². The van der Waals surface area contributed by atoms with Crippen LogP contribution in [-0.2, 0) is 0 Å². The Morgan fingerprint density at radius 1 is 0.363 bits per heavy atom. The Balaban J connectivity index is 1.25. The number of likely N-dealkylation sites (N-methyl/N-ethyl adjacent to an activating group) is 2. The standard InChI is InChI=1S/C72H116N18O12/c1-89(2)33-31-81-65(93)53-42-55(63(101-37-17-9-13-29-85-71(77)78)45-61(53)99-35-15-7-11-27-83-69(73)74)67(95)87-49-23-19-47(20-24-49)39-57(91)51-41-52(60(98-6)44-59(51)97-5)58(92)40-48-21-25-50(26-22-48)88-68(96)56-43-54(66(94)82-32-34-90(3)4)62(100-36-16-8-12-28-84-70(75)76)46-64(56)102-38-18-10-14-30-86-72(79)80/h41-50H,7-40H2,1-6H3,(H,81,93)(H,82,94)(H,87,95)(H,88,96)(H4,73,74,83)(H4,75,76,84)(H4,77,78,85)(H4,79,80,86)/t47-,48-,49-,50+. The number of nitrogens with one attached hydrogen (secondary N) is 12. The zero-order chi connectivity index (χ0) is 74.3. The molecular weight excluding hydrogens is 1310 g/mol. The van der Waals surface area contributed by atoms with Crippen molar-refractivity contribution < 1.29 is 57.2 Å². The maximum absolute atomic E-state index is 14.5. The highest BCUT2D eigenvalue weighted by molar-refractivity contribution is 6.06. The van der Waals surface area contributed by atoms with Crippen molar-refractivity contribution in [1.82, 2.24) is 52.3 Å². The molecule has 2 saturated carbocycles. The molecule has 0 radical (unpaired) electrons. The number of Topliss-reactive ketones (excluding diaryl/α,β-unsaturated/α-hetero) is 2. The number of ketones is 2. The second-order valence-corrected chi connectivity index (χ2v) is 26.7. The van der Waals surface area contributed by atoms with Crippen LogP contribution in [0.2, 0.25) is 0 Å². The summed E-state index contributed by atoms with van der Waals surface area (Å²) >= 11 is 0. The summed E-state index contributed by atoms with van der Waals surface area (Å²) in [6.07, 6.45) is 13.9. The van der Waals surface area contributed by atoms with Crippen molar-refractivity contribution in [2.75, 3.05) is 121 Å². The topological polar surface area (TPSA) is 460 Å². The third kappa shape index (κ3) is 30.5. The smallest absolute Gasteiger partial charge is 0.255 e. The molecule has 102 heavy (non-hydrogen) atoms. The molecule has 2 aliphatic carbocycles. The minimum absolute atomic E-state index is 0.0319. The number of hydrogen-bond donors (Lipinski definition) is 16. The predicted molar refractivity (Wildman–Crippen MR) is 396 cm³/mol. The van der Waals surface area contributed by atoms with E-state index >= 15 is 0 Å². The van der Waals surface area contributed by atoms with Gasteiger partial charge >= 0.3 is 0 Å². The number of benzene rings is 3. The third-order valence-electron chi connectivity index (χ3n) is 17.8. The SMILES string of the molecule is COc1cc(OC)c(C(=O)C[C@H]2CC[C@H](NC(=O)c3cc(C(=O)NCCN(C)C)c(OCCCCCNC(=N)N)cc3OCCCCCNC(=N)N)CC2)cc1C(=O)C[C@H]1CC[C@@H](NC(=O)c2cc(C(=O)NCCN(C)C)c(OCCCCCNC(=N)N)cc2OCCCCCNC(=N)N)CC1. The Morgan fingerprint density at radius 3 is 0.912 bits per heavy atom. The summed E-state index contributed by atoms with van der Waals surface area (Å²) < 4.78 is 36.6. The summed E-state index contributed by atoms with van der Waals surface area (Å²) in [5, 5.41) is 53.2. The minimum Gasteiger partial charge on any atom is -0.496 e. The van der Waals surface area contributed by atoms with Crippen LogP contribution in [0, 0.1) is 33.5 Å². The van der Waals surface area contributed by atoms with E-state index in [0.717, 1.165) is 51.4 Å². The molecule has 0 atom stereocenters. The average Bonchev–Trinajstić information content (AvgIpc) is 0.814. The average molecular weight is 1430 g/mol. The summed E-state index contributed by atoms with van der Waals surface area (Å²) in [4.78, 5) is 89.4. The van der Waals surface area contributed by atoms with Crippen LogP contribution in [0.1, 0.15) is 203 Å². The highest BCUT2D eigenvalue weighted by Crippen LogP contribution is 2.38. The maximum Gasteiger partial charge on any atom is 0.255 e. The van der Waals surface area contributed by atoms with Crippen LogP contribution in [0.15, 0.2) is 36.4 Å². The number of methoxy groups -OCH3 is 2. The Bertz CT molecular complexity index is 3020. The molecule has 0 aliphatic heterocycles. The molecule has 20 N–H and O–H groups in total. The molecule has 2 aliphatic rings. The predicted octanol–water partition coefficient (Wildman–Crippen LogP) is 5.54. The largest absolute Gasteiger partial charge is 0.496 e. The molecule has 566 valence electrons. The van der Waals surface area contributed by atoms with Gasteiger partial charge in [0.15, 0.2) is 35.4 Å². The van der Waals surface area contributed by atoms with E-state index in [-0.39, 0.29) is 166 Å². The van der Waals surface area contributed by atoms with E-state index in [0.29, 0.717) is 129 Å². The zero-order valence-electron chi connectivity index (χ0n) is 60.9. The fourth-order valence-corrected chi connectivity index (χ4v) is 12.1. The molecule has 0 unspecified atom stereocenters. The first-order valence-electron chi connectivity index (χ1n) is 35.9. The van der Waals surface area contributed by atoms with Crippen LogP contribution in [0.3, 0.4) is 0 Å². The second-order valence-electron chi connectivity index (χ2n) is 26.7. The number of nitrogens with zero attached hydrogens (tertiary/aromatic N) is 2. The van der Waals surface area contributed by atoms with Crippen LogP contribution < -0.4 is 93.9 Å². The van der Waals surface area contributed by atoms with Gasteiger partial charge in [0.2, 0.25) is 0 Å². The number of nitrogens with two attached hydrogens (primary N) is 4. The molecule has 0 saturated heterocycles. The van der Waals surface area contributed by atoms with E-state index in [1.807, 2.05) is 38.0 Å². The fourth-order valence-electron chi connectivity index (χ4n) is 12.1. The first kappa shape index (κ1) is 83.3. The molecule has 3 aromatic carbocycles.